The number of benzene rings is 2. The number of likely N-dealkylation sites (tertiary alicyclic amines) is 1. The van der Waals surface area contributed by atoms with Gasteiger partial charge in [0.25, 0.3) is 0 Å². The number of amides is 1. The van der Waals surface area contributed by atoms with E-state index in [1.54, 1.807) is 11.0 Å². The van der Waals surface area contributed by atoms with Crippen LogP contribution in [0.5, 0.6) is 0 Å². The summed E-state index contributed by atoms with van der Waals surface area (Å²) in [6.07, 6.45) is 1.40. The van der Waals surface area contributed by atoms with E-state index in [4.69, 9.17) is 20.8 Å². The minimum Gasteiger partial charge on any atom is -0.444 e. The number of nitrogens with zero attached hydrogens (tertiary/aromatic N) is 2. The van der Waals surface area contributed by atoms with Crippen LogP contribution in [0.4, 0.5) is 4.79 Å². The van der Waals surface area contributed by atoms with Crippen molar-refractivity contribution in [1.29, 1.82) is 0 Å². The fraction of sp³-hybridized carbons (Fsp3) is 0.346. The van der Waals surface area contributed by atoms with Gasteiger partial charge in [0.05, 0.1) is 15.3 Å². The number of rotatable bonds is 2. The standard InChI is InChI=1S/C26H25ClN2O4S/c1-26(2,3)33-25(31)29-11-9-15(10-12-29)16-7-8-17-13-18(24(30)32-20(17)14-16)23-28-22-19(27)5-4-6-21(22)34-23/h4-8,13-15H,9-12H2,1-3H3. The average molecular weight is 497 g/mol. The third kappa shape index (κ3) is 4.55. The zero-order valence-corrected chi connectivity index (χ0v) is 20.8. The minimum absolute atomic E-state index is 0.265. The molecule has 1 saturated heterocycles. The fourth-order valence-electron chi connectivity index (χ4n) is 4.28. The number of carbonyl (C=O) groups is 1. The molecule has 0 spiro atoms. The van der Waals surface area contributed by atoms with Gasteiger partial charge >= 0.3 is 11.7 Å². The van der Waals surface area contributed by atoms with E-state index in [2.05, 4.69) is 11.1 Å². The van der Waals surface area contributed by atoms with Crippen LogP contribution in [-0.4, -0.2) is 34.7 Å². The van der Waals surface area contributed by atoms with Crippen LogP contribution >= 0.6 is 22.9 Å². The Hall–Kier alpha value is -2.90. The third-order valence-electron chi connectivity index (χ3n) is 5.98. The number of carbonyl (C=O) groups excluding carboxylic acids is 1. The highest BCUT2D eigenvalue weighted by molar-refractivity contribution is 7.21. The highest BCUT2D eigenvalue weighted by atomic mass is 35.5. The van der Waals surface area contributed by atoms with Crippen LogP contribution < -0.4 is 5.63 Å². The van der Waals surface area contributed by atoms with Crippen LogP contribution in [0.2, 0.25) is 5.02 Å². The lowest BCUT2D eigenvalue weighted by molar-refractivity contribution is 0.0205. The topological polar surface area (TPSA) is 72.6 Å². The number of para-hydroxylation sites is 1. The van der Waals surface area contributed by atoms with E-state index in [1.807, 2.05) is 51.1 Å². The van der Waals surface area contributed by atoms with Gasteiger partial charge in [0.15, 0.2) is 0 Å². The Morgan fingerprint density at radius 1 is 1.18 bits per heavy atom. The van der Waals surface area contributed by atoms with Crippen LogP contribution in [0.3, 0.4) is 0 Å². The number of piperidine rings is 1. The number of hydrogen-bond acceptors (Lipinski definition) is 6. The summed E-state index contributed by atoms with van der Waals surface area (Å²) < 4.78 is 12.1. The van der Waals surface area contributed by atoms with E-state index in [1.165, 1.54) is 11.3 Å². The average Bonchev–Trinajstić information content (AvgIpc) is 3.23. The van der Waals surface area contributed by atoms with Crippen molar-refractivity contribution in [1.82, 2.24) is 9.88 Å². The summed E-state index contributed by atoms with van der Waals surface area (Å²) in [7, 11) is 0. The Labute approximate surface area is 206 Å². The molecule has 0 saturated carbocycles. The van der Waals surface area contributed by atoms with Crippen molar-refractivity contribution >= 4 is 50.2 Å². The van der Waals surface area contributed by atoms with Gasteiger partial charge in [-0.2, -0.15) is 0 Å². The Bertz CT molecular complexity index is 1440. The van der Waals surface area contributed by atoms with Crippen molar-refractivity contribution in [3.8, 4) is 10.6 Å². The summed E-state index contributed by atoms with van der Waals surface area (Å²) in [4.78, 5) is 31.5. The number of thiazole rings is 1. The summed E-state index contributed by atoms with van der Waals surface area (Å²) in [6, 6.07) is 13.4. The van der Waals surface area contributed by atoms with E-state index >= 15 is 0 Å². The predicted octanol–water partition coefficient (Wildman–Crippen LogP) is 6.84. The maximum Gasteiger partial charge on any atom is 0.410 e. The fourth-order valence-corrected chi connectivity index (χ4v) is 5.55. The first-order valence-corrected chi connectivity index (χ1v) is 12.5. The Kier molecular flexibility index (Phi) is 5.86. The lowest BCUT2D eigenvalue weighted by atomic mass is 9.89. The largest absolute Gasteiger partial charge is 0.444 e. The third-order valence-corrected chi connectivity index (χ3v) is 7.34. The van der Waals surface area contributed by atoms with Crippen molar-refractivity contribution in [2.24, 2.45) is 0 Å². The lowest BCUT2D eigenvalue weighted by Crippen LogP contribution is -2.41. The summed E-state index contributed by atoms with van der Waals surface area (Å²) in [6.45, 7) is 6.90. The smallest absolute Gasteiger partial charge is 0.410 e. The Morgan fingerprint density at radius 2 is 1.94 bits per heavy atom. The van der Waals surface area contributed by atoms with Gasteiger partial charge in [-0.05, 0) is 69.4 Å². The van der Waals surface area contributed by atoms with E-state index in [0.29, 0.717) is 45.7 Å². The van der Waals surface area contributed by atoms with Crippen molar-refractivity contribution in [3.63, 3.8) is 0 Å². The molecule has 0 bridgehead atoms. The maximum atomic E-state index is 12.8. The minimum atomic E-state index is -0.500. The molecule has 2 aromatic carbocycles. The molecule has 176 valence electrons. The summed E-state index contributed by atoms with van der Waals surface area (Å²) in [5.74, 6) is 0.291. The number of halogens is 1. The highest BCUT2D eigenvalue weighted by Crippen LogP contribution is 2.34. The van der Waals surface area contributed by atoms with Crippen LogP contribution in [-0.2, 0) is 4.74 Å². The zero-order chi connectivity index (χ0) is 24.0. The normalized spacial score (nSPS) is 15.2. The van der Waals surface area contributed by atoms with Gasteiger partial charge in [-0.15, -0.1) is 11.3 Å². The van der Waals surface area contributed by atoms with Crippen LogP contribution in [0, 0.1) is 0 Å². The molecule has 1 aliphatic heterocycles. The zero-order valence-electron chi connectivity index (χ0n) is 19.3. The first-order chi connectivity index (χ1) is 16.2. The predicted molar refractivity (Wildman–Crippen MR) is 136 cm³/mol. The highest BCUT2D eigenvalue weighted by Gasteiger charge is 2.27. The van der Waals surface area contributed by atoms with Crippen molar-refractivity contribution in [3.05, 3.63) is 63.5 Å². The molecule has 0 radical (unpaired) electrons. The van der Waals surface area contributed by atoms with Crippen molar-refractivity contribution < 1.29 is 13.9 Å². The summed E-state index contributed by atoms with van der Waals surface area (Å²) in [5, 5.41) is 2.00. The number of ether oxygens (including phenoxy) is 1. The molecular formula is C26H25ClN2O4S. The molecule has 0 atom stereocenters. The number of fused-ring (bicyclic) bond motifs is 2. The van der Waals surface area contributed by atoms with Gasteiger partial charge in [0, 0.05) is 18.5 Å². The molecule has 1 fully saturated rings. The molecule has 3 heterocycles. The number of hydrogen-bond donors (Lipinski definition) is 0. The maximum absolute atomic E-state index is 12.8. The van der Waals surface area contributed by atoms with E-state index in [9.17, 15) is 9.59 Å². The SMILES string of the molecule is CC(C)(C)OC(=O)N1CCC(c2ccc3cc(-c4nc5c(Cl)cccc5s4)c(=O)oc3c2)CC1. The van der Waals surface area contributed by atoms with Gasteiger partial charge in [-0.1, -0.05) is 29.8 Å². The molecule has 0 N–H and O–H groups in total. The second-order valence-corrected chi connectivity index (χ2v) is 11.0. The number of aromatic nitrogens is 1. The molecule has 1 amide bonds. The van der Waals surface area contributed by atoms with Crippen LogP contribution in [0.1, 0.15) is 45.1 Å². The van der Waals surface area contributed by atoms with Gasteiger partial charge in [0.1, 0.15) is 21.7 Å². The molecule has 4 aromatic rings. The first-order valence-electron chi connectivity index (χ1n) is 11.3. The van der Waals surface area contributed by atoms with Gasteiger partial charge < -0.3 is 14.1 Å². The molecule has 5 rings (SSSR count). The van der Waals surface area contributed by atoms with Gasteiger partial charge in [-0.25, -0.2) is 14.6 Å². The Balaban J connectivity index is 1.37. The summed E-state index contributed by atoms with van der Waals surface area (Å²) in [5.41, 5.74) is 1.87. The van der Waals surface area contributed by atoms with Gasteiger partial charge in [-0.3, -0.25) is 0 Å². The van der Waals surface area contributed by atoms with E-state index in [-0.39, 0.29) is 6.09 Å². The molecule has 34 heavy (non-hydrogen) atoms. The molecule has 0 aliphatic carbocycles. The Morgan fingerprint density at radius 3 is 2.65 bits per heavy atom. The van der Waals surface area contributed by atoms with Crippen LogP contribution in [0.15, 0.2) is 51.7 Å². The molecule has 8 heteroatoms. The molecular weight excluding hydrogens is 472 g/mol. The molecule has 6 nitrogen and oxygen atoms in total. The molecule has 1 aliphatic rings. The second-order valence-electron chi connectivity index (χ2n) is 9.59. The summed E-state index contributed by atoms with van der Waals surface area (Å²) >= 11 is 7.67. The quantitative estimate of drug-likeness (QED) is 0.284. The van der Waals surface area contributed by atoms with E-state index < -0.39 is 11.2 Å². The van der Waals surface area contributed by atoms with Crippen LogP contribution in [0.25, 0.3) is 31.8 Å². The lowest BCUT2D eigenvalue weighted by Gasteiger charge is -2.33. The van der Waals surface area contributed by atoms with E-state index in [0.717, 1.165) is 28.5 Å². The monoisotopic (exact) mass is 496 g/mol. The van der Waals surface area contributed by atoms with Crippen molar-refractivity contribution in [2.75, 3.05) is 13.1 Å². The molecule has 0 unspecified atom stereocenters. The van der Waals surface area contributed by atoms with Gasteiger partial charge in [0.2, 0.25) is 0 Å². The first kappa shape index (κ1) is 22.9. The second kappa shape index (κ2) is 8.71. The molecule has 2 aromatic heterocycles. The van der Waals surface area contributed by atoms with Crippen molar-refractivity contribution in [2.45, 2.75) is 45.1 Å².